The van der Waals surface area contributed by atoms with Gasteiger partial charge in [-0.05, 0) is 109 Å². The lowest BCUT2D eigenvalue weighted by Crippen LogP contribution is -2.70. The van der Waals surface area contributed by atoms with E-state index < -0.39 is 11.4 Å². The molecule has 0 bridgehead atoms. The van der Waals surface area contributed by atoms with Gasteiger partial charge in [0, 0.05) is 12.3 Å². The van der Waals surface area contributed by atoms with Gasteiger partial charge >= 0.3 is 5.97 Å². The molecule has 5 aliphatic rings. The number of hydrogen-bond acceptors (Lipinski definition) is 2. The van der Waals surface area contributed by atoms with E-state index in [4.69, 9.17) is 0 Å². The standard InChI is InChI=1S/C30H48O3/c1-19-20(31)8-9-21-27(19,5)11-10-22-28(6)15-14-26(4)13-12-25(2,3)18-23(26)29(28,7)16-17-30(21,22)24(32)33/h19,21-23H,8-18H2,1-7H3,(H,32,33). The van der Waals surface area contributed by atoms with Crippen molar-refractivity contribution in [1.29, 1.82) is 0 Å². The Kier molecular flexibility index (Phi) is 4.97. The van der Waals surface area contributed by atoms with E-state index in [9.17, 15) is 14.7 Å². The molecular weight excluding hydrogens is 408 g/mol. The van der Waals surface area contributed by atoms with Gasteiger partial charge in [-0.2, -0.15) is 0 Å². The number of carboxylic acid groups (broad SMARTS) is 1. The van der Waals surface area contributed by atoms with E-state index >= 15 is 0 Å². The third kappa shape index (κ3) is 2.80. The first-order valence-corrected chi connectivity index (χ1v) is 13.9. The van der Waals surface area contributed by atoms with Gasteiger partial charge in [-0.15, -0.1) is 0 Å². The van der Waals surface area contributed by atoms with Crippen molar-refractivity contribution in [3.05, 3.63) is 0 Å². The summed E-state index contributed by atoms with van der Waals surface area (Å²) in [5.41, 5.74) is 0.232. The SMILES string of the molecule is CC1C(=O)CCC2C1(C)CCC1C2(C(=O)O)CCC2(C)C3CC(C)(C)CCC3(C)CCC12C. The van der Waals surface area contributed by atoms with Crippen LogP contribution in [0.3, 0.4) is 0 Å². The van der Waals surface area contributed by atoms with Gasteiger partial charge in [0.05, 0.1) is 5.41 Å². The van der Waals surface area contributed by atoms with Gasteiger partial charge in [0.1, 0.15) is 5.78 Å². The normalized spacial score (nSPS) is 55.5. The van der Waals surface area contributed by atoms with Gasteiger partial charge in [-0.1, -0.05) is 48.5 Å². The Hall–Kier alpha value is -0.860. The van der Waals surface area contributed by atoms with Gasteiger partial charge < -0.3 is 5.11 Å². The molecular formula is C30H48O3. The van der Waals surface area contributed by atoms with Crippen molar-refractivity contribution in [1.82, 2.24) is 0 Å². The van der Waals surface area contributed by atoms with Crippen LogP contribution in [0.2, 0.25) is 0 Å². The molecule has 3 nitrogen and oxygen atoms in total. The topological polar surface area (TPSA) is 54.4 Å². The van der Waals surface area contributed by atoms with Crippen LogP contribution >= 0.6 is 0 Å². The number of hydrogen-bond donors (Lipinski definition) is 1. The minimum absolute atomic E-state index is 0.0108. The molecule has 0 aromatic rings. The highest BCUT2D eigenvalue weighted by Gasteiger charge is 2.74. The number of rotatable bonds is 1. The van der Waals surface area contributed by atoms with E-state index in [-0.39, 0.29) is 34.0 Å². The van der Waals surface area contributed by atoms with Gasteiger partial charge in [0.25, 0.3) is 0 Å². The van der Waals surface area contributed by atoms with E-state index in [1.807, 2.05) is 0 Å². The summed E-state index contributed by atoms with van der Waals surface area (Å²) in [6.45, 7) is 16.9. The molecule has 3 heteroatoms. The second kappa shape index (κ2) is 6.88. The smallest absolute Gasteiger partial charge is 0.310 e. The molecule has 9 unspecified atom stereocenters. The van der Waals surface area contributed by atoms with Crippen LogP contribution < -0.4 is 0 Å². The number of carboxylic acids is 1. The summed E-state index contributed by atoms with van der Waals surface area (Å²) in [6.07, 6.45) is 11.6. The molecule has 5 rings (SSSR count). The number of Topliss-reactive ketones (excluding diaryl/α,β-unsaturated/α-hetero) is 1. The van der Waals surface area contributed by atoms with Crippen molar-refractivity contribution >= 4 is 11.8 Å². The Morgan fingerprint density at radius 1 is 0.788 bits per heavy atom. The van der Waals surface area contributed by atoms with E-state index in [1.54, 1.807) is 0 Å². The summed E-state index contributed by atoms with van der Waals surface area (Å²) in [4.78, 5) is 26.1. The highest BCUT2D eigenvalue weighted by atomic mass is 16.4. The van der Waals surface area contributed by atoms with E-state index in [1.165, 1.54) is 32.1 Å². The lowest BCUT2D eigenvalue weighted by molar-refractivity contribution is -0.261. The van der Waals surface area contributed by atoms with Gasteiger partial charge in [-0.3, -0.25) is 9.59 Å². The predicted octanol–water partition coefficient (Wildman–Crippen LogP) is 7.52. The predicted molar refractivity (Wildman–Crippen MR) is 132 cm³/mol. The van der Waals surface area contributed by atoms with Crippen LogP contribution in [-0.2, 0) is 9.59 Å². The minimum atomic E-state index is -0.659. The molecule has 0 aromatic carbocycles. The molecule has 0 aliphatic heterocycles. The Bertz CT molecular complexity index is 876. The maximum absolute atomic E-state index is 13.4. The average Bonchev–Trinajstić information content (AvgIpc) is 2.74. The summed E-state index contributed by atoms with van der Waals surface area (Å²) in [5.74, 6) is 0.839. The minimum Gasteiger partial charge on any atom is -0.481 e. The maximum Gasteiger partial charge on any atom is 0.310 e. The van der Waals surface area contributed by atoms with Crippen LogP contribution in [0.4, 0.5) is 0 Å². The van der Waals surface area contributed by atoms with Crippen LogP contribution in [0.25, 0.3) is 0 Å². The largest absolute Gasteiger partial charge is 0.481 e. The molecule has 5 saturated carbocycles. The van der Waals surface area contributed by atoms with Crippen molar-refractivity contribution in [3.8, 4) is 0 Å². The van der Waals surface area contributed by atoms with Crippen molar-refractivity contribution in [3.63, 3.8) is 0 Å². The molecule has 0 radical (unpaired) electrons. The molecule has 0 heterocycles. The fourth-order valence-electron chi connectivity index (χ4n) is 11.1. The van der Waals surface area contributed by atoms with E-state index in [0.717, 1.165) is 32.1 Å². The Morgan fingerprint density at radius 2 is 1.39 bits per heavy atom. The summed E-state index contributed by atoms with van der Waals surface area (Å²) in [6, 6.07) is 0. The molecule has 0 saturated heterocycles. The number of fused-ring (bicyclic) bond motifs is 7. The van der Waals surface area contributed by atoms with Gasteiger partial charge in [0.15, 0.2) is 0 Å². The first-order valence-electron chi connectivity index (χ1n) is 13.9. The highest BCUT2D eigenvalue weighted by molar-refractivity contribution is 5.84. The van der Waals surface area contributed by atoms with Crippen molar-refractivity contribution in [2.24, 2.45) is 56.2 Å². The summed E-state index contributed by atoms with van der Waals surface area (Å²) in [7, 11) is 0. The monoisotopic (exact) mass is 456 g/mol. The number of ketones is 1. The lowest BCUT2D eigenvalue weighted by atomic mass is 9.30. The third-order valence-electron chi connectivity index (χ3n) is 13.6. The second-order valence-corrected chi connectivity index (χ2v) is 15.1. The Morgan fingerprint density at radius 3 is 2.06 bits per heavy atom. The van der Waals surface area contributed by atoms with Crippen molar-refractivity contribution in [2.45, 2.75) is 119 Å². The second-order valence-electron chi connectivity index (χ2n) is 15.1. The number of aliphatic carboxylic acids is 1. The van der Waals surface area contributed by atoms with Crippen LogP contribution in [0.5, 0.6) is 0 Å². The van der Waals surface area contributed by atoms with E-state index in [2.05, 4.69) is 48.5 Å². The fraction of sp³-hybridized carbons (Fsp3) is 0.933. The third-order valence-corrected chi connectivity index (χ3v) is 13.6. The zero-order valence-electron chi connectivity index (χ0n) is 22.4. The molecule has 186 valence electrons. The highest BCUT2D eigenvalue weighted by Crippen LogP contribution is 2.78. The maximum atomic E-state index is 13.4. The lowest BCUT2D eigenvalue weighted by Gasteiger charge is -2.74. The summed E-state index contributed by atoms with van der Waals surface area (Å²) < 4.78 is 0. The summed E-state index contributed by atoms with van der Waals surface area (Å²) >= 11 is 0. The zero-order chi connectivity index (χ0) is 24.2. The van der Waals surface area contributed by atoms with Crippen LogP contribution in [-0.4, -0.2) is 16.9 Å². The molecule has 5 fully saturated rings. The van der Waals surface area contributed by atoms with Gasteiger partial charge in [0.2, 0.25) is 0 Å². The van der Waals surface area contributed by atoms with Crippen molar-refractivity contribution < 1.29 is 14.7 Å². The number of carbonyl (C=O) groups excluding carboxylic acids is 1. The Labute approximate surface area is 201 Å². The first kappa shape index (κ1) is 23.9. The Balaban J connectivity index is 1.61. The van der Waals surface area contributed by atoms with E-state index in [0.29, 0.717) is 29.0 Å². The van der Waals surface area contributed by atoms with Crippen molar-refractivity contribution in [2.75, 3.05) is 0 Å². The quantitative estimate of drug-likeness (QED) is 0.444. The van der Waals surface area contributed by atoms with Crippen LogP contribution in [0, 0.1) is 56.2 Å². The van der Waals surface area contributed by atoms with Crippen LogP contribution in [0.1, 0.15) is 119 Å². The molecule has 0 aromatic heterocycles. The molecule has 33 heavy (non-hydrogen) atoms. The molecule has 0 amide bonds. The van der Waals surface area contributed by atoms with Gasteiger partial charge in [-0.25, -0.2) is 0 Å². The average molecular weight is 457 g/mol. The van der Waals surface area contributed by atoms with Crippen LogP contribution in [0.15, 0.2) is 0 Å². The molecule has 0 spiro atoms. The first-order chi connectivity index (χ1) is 15.2. The molecule has 9 atom stereocenters. The molecule has 5 aliphatic carbocycles. The number of carbonyl (C=O) groups is 2. The summed E-state index contributed by atoms with van der Waals surface area (Å²) in [5, 5.41) is 11.0. The zero-order valence-corrected chi connectivity index (χ0v) is 22.4. The fourth-order valence-corrected chi connectivity index (χ4v) is 11.1. The molecule has 1 N–H and O–H groups in total.